The van der Waals surface area contributed by atoms with E-state index in [4.69, 9.17) is 4.98 Å². The van der Waals surface area contributed by atoms with Crippen molar-refractivity contribution in [1.82, 2.24) is 14.9 Å². The van der Waals surface area contributed by atoms with Crippen LogP contribution >= 0.6 is 0 Å². The lowest BCUT2D eigenvalue weighted by Gasteiger charge is -2.33. The molecule has 0 bridgehead atoms. The first-order chi connectivity index (χ1) is 12.7. The van der Waals surface area contributed by atoms with Crippen LogP contribution in [0.15, 0.2) is 42.6 Å². The van der Waals surface area contributed by atoms with E-state index < -0.39 is 0 Å². The van der Waals surface area contributed by atoms with Crippen molar-refractivity contribution in [3.05, 3.63) is 48.2 Å². The van der Waals surface area contributed by atoms with Crippen LogP contribution in [0.25, 0.3) is 0 Å². The monoisotopic (exact) mass is 353 g/mol. The zero-order valence-electron chi connectivity index (χ0n) is 16.1. The Kier molecular flexibility index (Phi) is 6.83. The molecule has 2 aromatic rings. The van der Waals surface area contributed by atoms with Crippen molar-refractivity contribution in [2.24, 2.45) is 5.92 Å². The summed E-state index contributed by atoms with van der Waals surface area (Å²) in [7, 11) is 4.19. The Morgan fingerprint density at radius 1 is 1.12 bits per heavy atom. The second kappa shape index (κ2) is 9.53. The lowest BCUT2D eigenvalue weighted by molar-refractivity contribution is 0.402. The SMILES string of the molecule is CN(C)CCCNc1nccc(N2CCC(Cc3ccccc3)CC2)n1. The quantitative estimate of drug-likeness (QED) is 0.738. The Morgan fingerprint density at radius 2 is 1.88 bits per heavy atom. The number of rotatable bonds is 8. The minimum atomic E-state index is 0.743. The molecule has 0 saturated carbocycles. The fourth-order valence-corrected chi connectivity index (χ4v) is 3.52. The average Bonchev–Trinajstić information content (AvgIpc) is 2.67. The van der Waals surface area contributed by atoms with Crippen LogP contribution in [0.3, 0.4) is 0 Å². The van der Waals surface area contributed by atoms with Gasteiger partial charge in [0, 0.05) is 25.8 Å². The van der Waals surface area contributed by atoms with Crippen LogP contribution in [0.4, 0.5) is 11.8 Å². The third-order valence-electron chi connectivity index (χ3n) is 5.01. The highest BCUT2D eigenvalue weighted by Gasteiger charge is 2.20. The van der Waals surface area contributed by atoms with Gasteiger partial charge in [0.25, 0.3) is 0 Å². The molecule has 5 heteroatoms. The highest BCUT2D eigenvalue weighted by molar-refractivity contribution is 5.42. The number of anilines is 2. The molecule has 3 rings (SSSR count). The normalized spacial score (nSPS) is 15.4. The van der Waals surface area contributed by atoms with E-state index in [-0.39, 0.29) is 0 Å². The Morgan fingerprint density at radius 3 is 2.62 bits per heavy atom. The van der Waals surface area contributed by atoms with Crippen LogP contribution in [0.1, 0.15) is 24.8 Å². The van der Waals surface area contributed by atoms with Gasteiger partial charge >= 0.3 is 0 Å². The van der Waals surface area contributed by atoms with Crippen molar-refractivity contribution < 1.29 is 0 Å². The summed E-state index contributed by atoms with van der Waals surface area (Å²) in [5.74, 6) is 2.57. The molecule has 0 amide bonds. The Bertz CT molecular complexity index is 650. The van der Waals surface area contributed by atoms with Crippen LogP contribution < -0.4 is 10.2 Å². The zero-order chi connectivity index (χ0) is 18.2. The fourth-order valence-electron chi connectivity index (χ4n) is 3.52. The summed E-state index contributed by atoms with van der Waals surface area (Å²) < 4.78 is 0. The lowest BCUT2D eigenvalue weighted by atomic mass is 9.90. The van der Waals surface area contributed by atoms with Crippen molar-refractivity contribution in [2.45, 2.75) is 25.7 Å². The van der Waals surface area contributed by atoms with Gasteiger partial charge in [0.05, 0.1) is 0 Å². The smallest absolute Gasteiger partial charge is 0.224 e. The second-order valence-electron chi connectivity index (χ2n) is 7.44. The topological polar surface area (TPSA) is 44.3 Å². The Balaban J connectivity index is 1.47. The van der Waals surface area contributed by atoms with E-state index in [9.17, 15) is 0 Å². The Hall–Kier alpha value is -2.14. The fraction of sp³-hybridized carbons (Fsp3) is 0.524. The minimum absolute atomic E-state index is 0.743. The number of hydrogen-bond donors (Lipinski definition) is 1. The van der Waals surface area contributed by atoms with Gasteiger partial charge in [-0.3, -0.25) is 0 Å². The third kappa shape index (κ3) is 5.70. The second-order valence-corrected chi connectivity index (χ2v) is 7.44. The number of aromatic nitrogens is 2. The highest BCUT2D eigenvalue weighted by Crippen LogP contribution is 2.25. The molecular weight excluding hydrogens is 322 g/mol. The van der Waals surface area contributed by atoms with E-state index >= 15 is 0 Å². The molecule has 1 aliphatic rings. The van der Waals surface area contributed by atoms with Crippen molar-refractivity contribution >= 4 is 11.8 Å². The maximum absolute atomic E-state index is 4.71. The van der Waals surface area contributed by atoms with Crippen LogP contribution in [0.2, 0.25) is 0 Å². The van der Waals surface area contributed by atoms with Crippen molar-refractivity contribution in [3.8, 4) is 0 Å². The number of nitrogens with one attached hydrogen (secondary N) is 1. The summed E-state index contributed by atoms with van der Waals surface area (Å²) in [6, 6.07) is 12.9. The van der Waals surface area contributed by atoms with Gasteiger partial charge in [-0.15, -0.1) is 0 Å². The molecule has 26 heavy (non-hydrogen) atoms. The molecule has 5 nitrogen and oxygen atoms in total. The molecule has 1 aliphatic heterocycles. The average molecular weight is 354 g/mol. The van der Waals surface area contributed by atoms with Crippen LogP contribution in [-0.2, 0) is 6.42 Å². The molecular formula is C21H31N5. The van der Waals surface area contributed by atoms with Gasteiger partial charge in [0.15, 0.2) is 0 Å². The summed E-state index contributed by atoms with van der Waals surface area (Å²) in [5.41, 5.74) is 1.46. The van der Waals surface area contributed by atoms with Gasteiger partial charge in [-0.05, 0) is 63.9 Å². The lowest BCUT2D eigenvalue weighted by Crippen LogP contribution is -2.35. The van der Waals surface area contributed by atoms with Crippen molar-refractivity contribution in [2.75, 3.05) is 50.5 Å². The highest BCUT2D eigenvalue weighted by atomic mass is 15.2. The largest absolute Gasteiger partial charge is 0.356 e. The molecule has 1 N–H and O–H groups in total. The van der Waals surface area contributed by atoms with Gasteiger partial charge in [0.2, 0.25) is 5.95 Å². The molecule has 1 aromatic carbocycles. The molecule has 0 spiro atoms. The summed E-state index contributed by atoms with van der Waals surface area (Å²) in [5, 5.41) is 3.35. The van der Waals surface area contributed by atoms with Gasteiger partial charge < -0.3 is 15.1 Å². The number of hydrogen-bond acceptors (Lipinski definition) is 5. The molecule has 0 radical (unpaired) electrons. The van der Waals surface area contributed by atoms with Gasteiger partial charge in [-0.25, -0.2) is 4.98 Å². The molecule has 0 atom stereocenters. The van der Waals surface area contributed by atoms with E-state index in [1.807, 2.05) is 12.3 Å². The first-order valence-corrected chi connectivity index (χ1v) is 9.71. The molecule has 140 valence electrons. The molecule has 1 fully saturated rings. The van der Waals surface area contributed by atoms with Gasteiger partial charge in [-0.2, -0.15) is 4.98 Å². The van der Waals surface area contributed by atoms with Crippen LogP contribution in [-0.4, -0.2) is 55.1 Å². The number of benzene rings is 1. The molecule has 1 aromatic heterocycles. The van der Waals surface area contributed by atoms with E-state index in [1.165, 1.54) is 24.8 Å². The number of nitrogens with zero attached hydrogens (tertiary/aromatic N) is 4. The summed E-state index contributed by atoms with van der Waals surface area (Å²) in [6.45, 7) is 4.13. The Labute approximate surface area is 157 Å². The predicted octanol–water partition coefficient (Wildman–Crippen LogP) is 3.30. The van der Waals surface area contributed by atoms with E-state index in [2.05, 4.69) is 64.5 Å². The van der Waals surface area contributed by atoms with E-state index in [1.54, 1.807) is 0 Å². The maximum Gasteiger partial charge on any atom is 0.224 e. The van der Waals surface area contributed by atoms with E-state index in [0.29, 0.717) is 0 Å². The minimum Gasteiger partial charge on any atom is -0.356 e. The standard InChI is InChI=1S/C21H31N5/c1-25(2)14-6-12-22-21-23-13-9-20(24-21)26-15-10-19(11-16-26)17-18-7-4-3-5-8-18/h3-5,7-9,13,19H,6,10-12,14-17H2,1-2H3,(H,22,23,24). The first-order valence-electron chi connectivity index (χ1n) is 9.71. The summed E-state index contributed by atoms with van der Waals surface area (Å²) >= 11 is 0. The van der Waals surface area contributed by atoms with Gasteiger partial charge in [0.1, 0.15) is 5.82 Å². The summed E-state index contributed by atoms with van der Waals surface area (Å²) in [4.78, 5) is 13.7. The first kappa shape index (κ1) is 18.6. The maximum atomic E-state index is 4.71. The van der Waals surface area contributed by atoms with Crippen molar-refractivity contribution in [1.29, 1.82) is 0 Å². The zero-order valence-corrected chi connectivity index (χ0v) is 16.1. The molecule has 2 heterocycles. The van der Waals surface area contributed by atoms with Crippen LogP contribution in [0, 0.1) is 5.92 Å². The predicted molar refractivity (Wildman–Crippen MR) is 109 cm³/mol. The van der Waals surface area contributed by atoms with Crippen molar-refractivity contribution in [3.63, 3.8) is 0 Å². The van der Waals surface area contributed by atoms with Gasteiger partial charge in [-0.1, -0.05) is 30.3 Å². The number of piperidine rings is 1. The van der Waals surface area contributed by atoms with Crippen LogP contribution in [0.5, 0.6) is 0 Å². The third-order valence-corrected chi connectivity index (χ3v) is 5.01. The molecule has 0 unspecified atom stereocenters. The summed E-state index contributed by atoms with van der Waals surface area (Å²) in [6.07, 6.45) is 6.60. The van der Waals surface area contributed by atoms with E-state index in [0.717, 1.165) is 50.3 Å². The molecule has 0 aliphatic carbocycles. The molecule has 1 saturated heterocycles.